The molecule has 2 aromatic heterocycles. The molecule has 150 valence electrons. The second kappa shape index (κ2) is 8.48. The van der Waals surface area contributed by atoms with Gasteiger partial charge in [0, 0.05) is 37.2 Å². The van der Waals surface area contributed by atoms with Crippen molar-refractivity contribution in [1.82, 2.24) is 9.88 Å². The number of carbonyl (C=O) groups excluding carboxylic acids is 2. The SMILES string of the molecule is Cc1cccc(N2CCN(C(=O)Cc3csc(NC(=O)c4ccco4)n3)CC2)c1. The van der Waals surface area contributed by atoms with E-state index < -0.39 is 0 Å². The molecular formula is C21H22N4O3S. The van der Waals surface area contributed by atoms with Crippen LogP contribution < -0.4 is 10.2 Å². The molecule has 0 spiro atoms. The highest BCUT2D eigenvalue weighted by Crippen LogP contribution is 2.20. The zero-order valence-electron chi connectivity index (χ0n) is 16.1. The molecule has 0 unspecified atom stereocenters. The molecule has 0 aliphatic carbocycles. The fourth-order valence-electron chi connectivity index (χ4n) is 3.32. The number of nitrogens with zero attached hydrogens (tertiary/aromatic N) is 3. The monoisotopic (exact) mass is 410 g/mol. The molecular weight excluding hydrogens is 388 g/mol. The Morgan fingerprint density at radius 2 is 2.00 bits per heavy atom. The van der Waals surface area contributed by atoms with Gasteiger partial charge in [0.05, 0.1) is 18.4 Å². The number of rotatable bonds is 5. The Morgan fingerprint density at radius 1 is 1.17 bits per heavy atom. The van der Waals surface area contributed by atoms with Crippen molar-refractivity contribution in [1.29, 1.82) is 0 Å². The van der Waals surface area contributed by atoms with Crippen LogP contribution in [-0.2, 0) is 11.2 Å². The van der Waals surface area contributed by atoms with Gasteiger partial charge in [-0.3, -0.25) is 14.9 Å². The summed E-state index contributed by atoms with van der Waals surface area (Å²) in [5.41, 5.74) is 3.10. The lowest BCUT2D eigenvalue weighted by atomic mass is 10.2. The second-order valence-electron chi connectivity index (χ2n) is 6.96. The van der Waals surface area contributed by atoms with Gasteiger partial charge in [-0.2, -0.15) is 0 Å². The third-order valence-corrected chi connectivity index (χ3v) is 5.66. The van der Waals surface area contributed by atoms with Gasteiger partial charge in [-0.1, -0.05) is 12.1 Å². The predicted octanol–water partition coefficient (Wildman–Crippen LogP) is 3.19. The molecule has 0 atom stereocenters. The first-order valence-electron chi connectivity index (χ1n) is 9.47. The number of nitrogens with one attached hydrogen (secondary N) is 1. The number of furan rings is 1. The zero-order valence-corrected chi connectivity index (χ0v) is 16.9. The summed E-state index contributed by atoms with van der Waals surface area (Å²) in [6.07, 6.45) is 1.68. The highest BCUT2D eigenvalue weighted by atomic mass is 32.1. The molecule has 1 aliphatic rings. The lowest BCUT2D eigenvalue weighted by Crippen LogP contribution is -2.49. The first-order valence-corrected chi connectivity index (χ1v) is 10.3. The quantitative estimate of drug-likeness (QED) is 0.699. The van der Waals surface area contributed by atoms with Crippen molar-refractivity contribution < 1.29 is 14.0 Å². The van der Waals surface area contributed by atoms with Gasteiger partial charge in [-0.15, -0.1) is 11.3 Å². The van der Waals surface area contributed by atoms with Crippen LogP contribution >= 0.6 is 11.3 Å². The number of aromatic nitrogens is 1. The number of benzene rings is 1. The summed E-state index contributed by atoms with van der Waals surface area (Å²) in [6, 6.07) is 11.7. The van der Waals surface area contributed by atoms with Crippen molar-refractivity contribution in [3.05, 3.63) is 65.1 Å². The number of carbonyl (C=O) groups is 2. The fraction of sp³-hybridized carbons (Fsp3) is 0.286. The topological polar surface area (TPSA) is 78.7 Å². The number of piperazine rings is 1. The number of thiazole rings is 1. The highest BCUT2D eigenvalue weighted by Gasteiger charge is 2.22. The van der Waals surface area contributed by atoms with Crippen LogP contribution in [0.4, 0.5) is 10.8 Å². The van der Waals surface area contributed by atoms with Gasteiger partial charge in [-0.05, 0) is 36.8 Å². The third-order valence-electron chi connectivity index (χ3n) is 4.85. The van der Waals surface area contributed by atoms with Crippen LogP contribution in [0.3, 0.4) is 0 Å². The first kappa shape index (κ1) is 19.2. The Bertz CT molecular complexity index is 991. The number of anilines is 2. The van der Waals surface area contributed by atoms with Crippen LogP contribution in [0, 0.1) is 6.92 Å². The maximum Gasteiger partial charge on any atom is 0.293 e. The van der Waals surface area contributed by atoms with Gasteiger partial charge in [0.15, 0.2) is 10.9 Å². The van der Waals surface area contributed by atoms with E-state index in [0.717, 1.165) is 13.1 Å². The van der Waals surface area contributed by atoms with Crippen LogP contribution in [-0.4, -0.2) is 47.9 Å². The van der Waals surface area contributed by atoms with Crippen molar-refractivity contribution in [2.24, 2.45) is 0 Å². The number of hydrogen-bond acceptors (Lipinski definition) is 6. The van der Waals surface area contributed by atoms with Crippen molar-refractivity contribution in [3.8, 4) is 0 Å². The van der Waals surface area contributed by atoms with E-state index >= 15 is 0 Å². The molecule has 29 heavy (non-hydrogen) atoms. The summed E-state index contributed by atoms with van der Waals surface area (Å²) >= 11 is 1.30. The zero-order chi connectivity index (χ0) is 20.2. The average molecular weight is 410 g/mol. The second-order valence-corrected chi connectivity index (χ2v) is 7.82. The molecule has 0 saturated carbocycles. The van der Waals surface area contributed by atoms with Gasteiger partial charge in [0.25, 0.3) is 5.91 Å². The van der Waals surface area contributed by atoms with Crippen LogP contribution in [0.15, 0.2) is 52.5 Å². The lowest BCUT2D eigenvalue weighted by molar-refractivity contribution is -0.130. The van der Waals surface area contributed by atoms with Crippen molar-refractivity contribution in [3.63, 3.8) is 0 Å². The largest absolute Gasteiger partial charge is 0.459 e. The van der Waals surface area contributed by atoms with E-state index in [1.807, 2.05) is 4.90 Å². The Hall–Kier alpha value is -3.13. The van der Waals surface area contributed by atoms with Gasteiger partial charge >= 0.3 is 0 Å². The van der Waals surface area contributed by atoms with E-state index in [-0.39, 0.29) is 24.0 Å². The molecule has 3 heterocycles. The van der Waals surface area contributed by atoms with E-state index in [0.29, 0.717) is 23.9 Å². The van der Waals surface area contributed by atoms with Crippen molar-refractivity contribution in [2.45, 2.75) is 13.3 Å². The summed E-state index contributed by atoms with van der Waals surface area (Å²) in [6.45, 7) is 5.11. The Labute approximate surface area is 173 Å². The Kier molecular flexibility index (Phi) is 5.62. The Balaban J connectivity index is 1.29. The molecule has 7 nitrogen and oxygen atoms in total. The standard InChI is InChI=1S/C21H22N4O3S/c1-15-4-2-5-17(12-15)24-7-9-25(10-8-24)19(26)13-16-14-29-21(22-16)23-20(27)18-6-3-11-28-18/h2-6,11-12,14H,7-10,13H2,1H3,(H,22,23,27). The summed E-state index contributed by atoms with van der Waals surface area (Å²) in [7, 11) is 0. The molecule has 1 fully saturated rings. The number of hydrogen-bond donors (Lipinski definition) is 1. The molecule has 0 radical (unpaired) electrons. The lowest BCUT2D eigenvalue weighted by Gasteiger charge is -2.36. The molecule has 4 rings (SSSR count). The molecule has 1 aliphatic heterocycles. The molecule has 1 N–H and O–H groups in total. The van der Waals surface area contributed by atoms with Gasteiger partial charge in [0.2, 0.25) is 5.91 Å². The smallest absolute Gasteiger partial charge is 0.293 e. The summed E-state index contributed by atoms with van der Waals surface area (Å²) in [5, 5.41) is 4.95. The molecule has 1 saturated heterocycles. The highest BCUT2D eigenvalue weighted by molar-refractivity contribution is 7.14. The van der Waals surface area contributed by atoms with Gasteiger partial charge in [-0.25, -0.2) is 4.98 Å². The van der Waals surface area contributed by atoms with E-state index in [4.69, 9.17) is 4.42 Å². The summed E-state index contributed by atoms with van der Waals surface area (Å²) < 4.78 is 5.07. The first-order chi connectivity index (χ1) is 14.1. The maximum absolute atomic E-state index is 12.7. The van der Waals surface area contributed by atoms with E-state index in [1.165, 1.54) is 28.9 Å². The normalized spacial score (nSPS) is 14.1. The van der Waals surface area contributed by atoms with Gasteiger partial charge in [0.1, 0.15) is 0 Å². The molecule has 1 aromatic carbocycles. The van der Waals surface area contributed by atoms with Crippen LogP contribution in [0.1, 0.15) is 21.8 Å². The summed E-state index contributed by atoms with van der Waals surface area (Å²) in [4.78, 5) is 33.2. The minimum Gasteiger partial charge on any atom is -0.459 e. The van der Waals surface area contributed by atoms with Crippen LogP contribution in [0.2, 0.25) is 0 Å². The molecule has 2 amide bonds. The fourth-order valence-corrected chi connectivity index (χ4v) is 4.02. The molecule has 3 aromatic rings. The number of aryl methyl sites for hydroxylation is 1. The summed E-state index contributed by atoms with van der Waals surface area (Å²) in [5.74, 6) is -0.0677. The van der Waals surface area contributed by atoms with Crippen molar-refractivity contribution in [2.75, 3.05) is 36.4 Å². The van der Waals surface area contributed by atoms with Crippen LogP contribution in [0.25, 0.3) is 0 Å². The predicted molar refractivity (Wildman–Crippen MR) is 112 cm³/mol. The van der Waals surface area contributed by atoms with E-state index in [1.54, 1.807) is 17.5 Å². The minimum atomic E-state index is -0.352. The van der Waals surface area contributed by atoms with Crippen molar-refractivity contribution >= 4 is 34.0 Å². The average Bonchev–Trinajstić information content (AvgIpc) is 3.40. The van der Waals surface area contributed by atoms with E-state index in [2.05, 4.69) is 46.4 Å². The maximum atomic E-state index is 12.7. The van der Waals surface area contributed by atoms with Crippen LogP contribution in [0.5, 0.6) is 0 Å². The number of amides is 2. The molecule has 0 bridgehead atoms. The van der Waals surface area contributed by atoms with Gasteiger partial charge < -0.3 is 14.2 Å². The molecule has 8 heteroatoms. The third kappa shape index (κ3) is 4.65. The Morgan fingerprint density at radius 3 is 2.72 bits per heavy atom. The van der Waals surface area contributed by atoms with E-state index in [9.17, 15) is 9.59 Å². The minimum absolute atomic E-state index is 0.0584.